The summed E-state index contributed by atoms with van der Waals surface area (Å²) >= 11 is 0. The topological polar surface area (TPSA) is 63.6 Å². The van der Waals surface area contributed by atoms with E-state index in [4.69, 9.17) is 5.84 Å². The van der Waals surface area contributed by atoms with E-state index in [1.807, 2.05) is 19.9 Å². The van der Waals surface area contributed by atoms with Gasteiger partial charge in [-0.25, -0.2) is 0 Å². The number of pyridine rings is 1. The van der Waals surface area contributed by atoms with Gasteiger partial charge in [0, 0.05) is 24.7 Å². The molecule has 1 aromatic heterocycles. The van der Waals surface area contributed by atoms with Gasteiger partial charge < -0.3 is 5.84 Å². The van der Waals surface area contributed by atoms with Crippen molar-refractivity contribution < 1.29 is 0 Å². The fourth-order valence-corrected chi connectivity index (χ4v) is 1.66. The normalized spacial score (nSPS) is 11.4. The van der Waals surface area contributed by atoms with Crippen LogP contribution in [0.2, 0.25) is 0 Å². The lowest BCUT2D eigenvalue weighted by atomic mass is 10.1. The molecule has 0 saturated heterocycles. The van der Waals surface area contributed by atoms with Crippen molar-refractivity contribution in [3.8, 4) is 11.8 Å². The number of rotatable bonds is 5. The zero-order chi connectivity index (χ0) is 14.8. The summed E-state index contributed by atoms with van der Waals surface area (Å²) in [7, 11) is 0. The maximum Gasteiger partial charge on any atom is 0.126 e. The van der Waals surface area contributed by atoms with Crippen LogP contribution in [0.15, 0.2) is 22.4 Å². The van der Waals surface area contributed by atoms with Crippen molar-refractivity contribution in [1.82, 2.24) is 4.98 Å². The predicted molar refractivity (Wildman–Crippen MR) is 85.1 cm³/mol. The number of aliphatic imine (C=N–C) groups is 1. The van der Waals surface area contributed by atoms with Gasteiger partial charge in [-0.3, -0.25) is 9.98 Å². The number of hydrazone groups is 1. The highest BCUT2D eigenvalue weighted by Crippen LogP contribution is 2.08. The summed E-state index contributed by atoms with van der Waals surface area (Å²) in [5.74, 6) is 11.5. The summed E-state index contributed by atoms with van der Waals surface area (Å²) in [6.45, 7) is 6.92. The average molecular weight is 270 g/mol. The van der Waals surface area contributed by atoms with Crippen molar-refractivity contribution in [3.05, 3.63) is 29.1 Å². The second-order valence-corrected chi connectivity index (χ2v) is 4.45. The molecular weight excluding hydrogens is 248 g/mol. The van der Waals surface area contributed by atoms with Crippen LogP contribution in [0.5, 0.6) is 0 Å². The van der Waals surface area contributed by atoms with Crippen LogP contribution in [0, 0.1) is 18.8 Å². The summed E-state index contributed by atoms with van der Waals surface area (Å²) < 4.78 is 0. The van der Waals surface area contributed by atoms with Crippen LogP contribution in [-0.4, -0.2) is 23.5 Å². The average Bonchev–Trinajstić information content (AvgIpc) is 2.46. The van der Waals surface area contributed by atoms with Gasteiger partial charge in [-0.2, -0.15) is 5.10 Å². The summed E-state index contributed by atoms with van der Waals surface area (Å²) in [6, 6.07) is 2.00. The maximum atomic E-state index is 5.44. The molecule has 4 nitrogen and oxygen atoms in total. The van der Waals surface area contributed by atoms with E-state index in [0.717, 1.165) is 42.6 Å². The van der Waals surface area contributed by atoms with Gasteiger partial charge in [0.05, 0.1) is 11.9 Å². The minimum atomic E-state index is 0.605. The zero-order valence-electron chi connectivity index (χ0n) is 12.5. The third-order valence-corrected chi connectivity index (χ3v) is 2.72. The smallest absolute Gasteiger partial charge is 0.126 e. The molecule has 0 aliphatic carbocycles. The maximum absolute atomic E-state index is 5.44. The van der Waals surface area contributed by atoms with Crippen LogP contribution in [0.25, 0.3) is 0 Å². The van der Waals surface area contributed by atoms with Gasteiger partial charge in [0.2, 0.25) is 0 Å². The minimum Gasteiger partial charge on any atom is -0.323 e. The quantitative estimate of drug-likeness (QED) is 0.294. The number of nitrogens with two attached hydrogens (primary N) is 1. The van der Waals surface area contributed by atoms with Gasteiger partial charge in [-0.05, 0) is 25.0 Å². The molecule has 106 valence electrons. The fourth-order valence-electron chi connectivity index (χ4n) is 1.66. The van der Waals surface area contributed by atoms with Crippen molar-refractivity contribution >= 4 is 11.9 Å². The van der Waals surface area contributed by atoms with Gasteiger partial charge >= 0.3 is 0 Å². The molecule has 0 aliphatic heterocycles. The summed E-state index contributed by atoms with van der Waals surface area (Å²) in [5, 5.41) is 3.78. The van der Waals surface area contributed by atoms with Crippen LogP contribution in [0.1, 0.15) is 49.9 Å². The van der Waals surface area contributed by atoms with Gasteiger partial charge in [-0.15, -0.1) is 0 Å². The first kappa shape index (κ1) is 15.9. The van der Waals surface area contributed by atoms with Gasteiger partial charge in [0.25, 0.3) is 0 Å². The minimum absolute atomic E-state index is 0.605. The Balaban J connectivity index is 2.91. The molecule has 0 radical (unpaired) electrons. The molecule has 0 aliphatic rings. The summed E-state index contributed by atoms with van der Waals surface area (Å²) in [6.07, 6.45) is 6.46. The lowest BCUT2D eigenvalue weighted by Crippen LogP contribution is -2.11. The van der Waals surface area contributed by atoms with Crippen LogP contribution in [0.3, 0.4) is 0 Å². The van der Waals surface area contributed by atoms with Crippen molar-refractivity contribution in [2.24, 2.45) is 15.9 Å². The number of nitrogens with zero attached hydrogens (tertiary/aromatic N) is 3. The van der Waals surface area contributed by atoms with E-state index in [9.17, 15) is 0 Å². The number of aromatic nitrogens is 1. The van der Waals surface area contributed by atoms with E-state index in [-0.39, 0.29) is 0 Å². The van der Waals surface area contributed by atoms with Crippen LogP contribution in [-0.2, 0) is 0 Å². The molecule has 0 fully saturated rings. The van der Waals surface area contributed by atoms with E-state index < -0.39 is 0 Å². The Morgan fingerprint density at radius 2 is 2.25 bits per heavy atom. The van der Waals surface area contributed by atoms with Crippen molar-refractivity contribution in [3.63, 3.8) is 0 Å². The van der Waals surface area contributed by atoms with E-state index in [1.165, 1.54) is 0 Å². The molecule has 0 saturated carbocycles. The molecule has 0 bridgehead atoms. The molecule has 1 aromatic rings. The zero-order valence-corrected chi connectivity index (χ0v) is 12.5. The van der Waals surface area contributed by atoms with Gasteiger partial charge in [0.1, 0.15) is 5.71 Å². The number of hydrogen-bond donors (Lipinski definition) is 1. The highest BCUT2D eigenvalue weighted by atomic mass is 15.1. The Morgan fingerprint density at radius 1 is 1.45 bits per heavy atom. The molecule has 0 unspecified atom stereocenters. The lowest BCUT2D eigenvalue weighted by molar-refractivity contribution is 0.811. The molecule has 0 spiro atoms. The van der Waals surface area contributed by atoms with Crippen molar-refractivity contribution in [2.75, 3.05) is 6.54 Å². The van der Waals surface area contributed by atoms with E-state index in [0.29, 0.717) is 5.71 Å². The van der Waals surface area contributed by atoms with E-state index in [1.54, 1.807) is 12.4 Å². The first-order chi connectivity index (χ1) is 9.72. The molecule has 1 heterocycles. The van der Waals surface area contributed by atoms with E-state index in [2.05, 4.69) is 33.8 Å². The second-order valence-electron chi connectivity index (χ2n) is 4.45. The van der Waals surface area contributed by atoms with E-state index >= 15 is 0 Å². The molecule has 0 amide bonds. The fraction of sp³-hybridized carbons (Fsp3) is 0.438. The van der Waals surface area contributed by atoms with Gasteiger partial charge in [-0.1, -0.05) is 32.1 Å². The first-order valence-corrected chi connectivity index (χ1v) is 6.96. The SMILES string of the molecule is CCC#Cc1cnc(/C(C=NCCCC)=N/N)c(C)c1. The predicted octanol–water partition coefficient (Wildman–Crippen LogP) is 2.69. The molecule has 2 N–H and O–H groups in total. The molecule has 0 aromatic carbocycles. The van der Waals surface area contributed by atoms with Crippen LogP contribution < -0.4 is 5.84 Å². The molecule has 4 heteroatoms. The Bertz CT molecular complexity index is 547. The Kier molecular flexibility index (Phi) is 7.05. The van der Waals surface area contributed by atoms with Crippen molar-refractivity contribution in [1.29, 1.82) is 0 Å². The third kappa shape index (κ3) is 4.85. The number of unbranched alkanes of at least 4 members (excludes halogenated alkanes) is 1. The van der Waals surface area contributed by atoms with Crippen molar-refractivity contribution in [2.45, 2.75) is 40.0 Å². The summed E-state index contributed by atoms with van der Waals surface area (Å²) in [5.41, 5.74) is 3.27. The third-order valence-electron chi connectivity index (χ3n) is 2.72. The van der Waals surface area contributed by atoms with Gasteiger partial charge in [0.15, 0.2) is 0 Å². The highest BCUT2D eigenvalue weighted by molar-refractivity contribution is 6.37. The number of aryl methyl sites for hydroxylation is 1. The number of hydrogen-bond acceptors (Lipinski definition) is 4. The standard InChI is InChI=1S/C16H22N4/c1-4-6-8-14-10-13(3)16(19-11-14)15(20-17)12-18-9-7-5-2/h10-12H,4-5,7,9,17H2,1-3H3/b18-12?,20-15+. The summed E-state index contributed by atoms with van der Waals surface area (Å²) in [4.78, 5) is 8.71. The van der Waals surface area contributed by atoms with Crippen LogP contribution in [0.4, 0.5) is 0 Å². The largest absolute Gasteiger partial charge is 0.323 e. The monoisotopic (exact) mass is 270 g/mol. The molecule has 1 rings (SSSR count). The van der Waals surface area contributed by atoms with Crippen LogP contribution >= 0.6 is 0 Å². The molecular formula is C16H22N4. The molecule has 20 heavy (non-hydrogen) atoms. The Labute approximate surface area is 121 Å². The first-order valence-electron chi connectivity index (χ1n) is 6.96. The Morgan fingerprint density at radius 3 is 2.85 bits per heavy atom. The second kappa shape index (κ2) is 8.87. The molecule has 0 atom stereocenters. The lowest BCUT2D eigenvalue weighted by Gasteiger charge is -2.04. The Hall–Kier alpha value is -2.15. The highest BCUT2D eigenvalue weighted by Gasteiger charge is 2.07.